The Morgan fingerprint density at radius 3 is 2.42 bits per heavy atom. The highest BCUT2D eigenvalue weighted by Gasteiger charge is 2.47. The summed E-state index contributed by atoms with van der Waals surface area (Å²) in [5.41, 5.74) is -2.44. The molecule has 0 amide bonds. The lowest BCUT2D eigenvalue weighted by molar-refractivity contribution is -0.146. The summed E-state index contributed by atoms with van der Waals surface area (Å²) in [7, 11) is -4.32. The number of ether oxygens (including phenoxy) is 3. The molecule has 0 unspecified atom stereocenters. The van der Waals surface area contributed by atoms with E-state index >= 15 is 8.78 Å². The van der Waals surface area contributed by atoms with Crippen LogP contribution in [0.4, 0.5) is 17.6 Å². The van der Waals surface area contributed by atoms with Gasteiger partial charge in [0, 0.05) is 28.0 Å². The largest absolute Gasteiger partial charge is 0.475 e. The van der Waals surface area contributed by atoms with Crippen LogP contribution in [0.2, 0.25) is 0 Å². The van der Waals surface area contributed by atoms with Gasteiger partial charge in [-0.05, 0) is 49.4 Å². The first kappa shape index (κ1) is 44.9. The molecule has 18 heteroatoms. The summed E-state index contributed by atoms with van der Waals surface area (Å²) in [5, 5.41) is 11.8. The maximum atomic E-state index is 16.0. The van der Waals surface area contributed by atoms with E-state index in [4.69, 9.17) is 33.0 Å². The lowest BCUT2D eigenvalue weighted by Gasteiger charge is -2.40. The molecule has 5 rings (SSSR count). The maximum absolute atomic E-state index is 16.0. The van der Waals surface area contributed by atoms with Gasteiger partial charge in [0.2, 0.25) is 0 Å². The summed E-state index contributed by atoms with van der Waals surface area (Å²) in [6.45, 7) is 7.34. The van der Waals surface area contributed by atoms with Gasteiger partial charge in [0.05, 0.1) is 62.0 Å². The van der Waals surface area contributed by atoms with Crippen LogP contribution < -0.4 is 0 Å². The van der Waals surface area contributed by atoms with E-state index in [2.05, 4.69) is 23.2 Å². The van der Waals surface area contributed by atoms with Gasteiger partial charge in [-0.1, -0.05) is 42.5 Å². The highest BCUT2D eigenvalue weighted by Crippen LogP contribution is 2.50. The van der Waals surface area contributed by atoms with Crippen molar-refractivity contribution in [3.8, 4) is 6.07 Å². The van der Waals surface area contributed by atoms with Crippen LogP contribution in [0.5, 0.6) is 0 Å². The second-order valence-electron chi connectivity index (χ2n) is 12.7. The molecule has 1 aromatic heterocycles. The van der Waals surface area contributed by atoms with E-state index in [0.29, 0.717) is 6.07 Å². The fraction of sp³-hybridized carbons (Fsp3) is 0.268. The molecule has 0 radical (unpaired) electrons. The molecule has 0 N–H and O–H groups in total. The van der Waals surface area contributed by atoms with Crippen LogP contribution in [0, 0.1) is 34.6 Å². The SMILES string of the molecule is C=CCOP(=O)(OCC=C)OCc1c(F)cccc1C(=O)O[C@@](Cn1cncn1)(c1ccc(F)cc1F)[C@@H](C)S[C@H]1CO[C@H](/C=C/C=C/c2ccc(C#N)cc2F)OC1. The fourth-order valence-corrected chi connectivity index (χ4v) is 8.23. The van der Waals surface area contributed by atoms with Crippen LogP contribution in [0.3, 0.4) is 0 Å². The van der Waals surface area contributed by atoms with Gasteiger partial charge in [-0.25, -0.2) is 36.6 Å². The number of carbonyl (C=O) groups excluding carboxylic acids is 1. The van der Waals surface area contributed by atoms with Gasteiger partial charge >= 0.3 is 13.8 Å². The smallest absolute Gasteiger partial charge is 0.447 e. The molecule has 1 fully saturated rings. The van der Waals surface area contributed by atoms with Crippen LogP contribution in [0.1, 0.15) is 39.5 Å². The highest BCUT2D eigenvalue weighted by molar-refractivity contribution is 8.00. The fourth-order valence-electron chi connectivity index (χ4n) is 5.79. The zero-order valence-corrected chi connectivity index (χ0v) is 33.3. The molecule has 59 heavy (non-hydrogen) atoms. The number of carbonyl (C=O) groups is 1. The highest BCUT2D eigenvalue weighted by atomic mass is 32.2. The number of hydrogen-bond donors (Lipinski definition) is 0. The number of allylic oxidation sites excluding steroid dienone is 2. The predicted octanol–water partition coefficient (Wildman–Crippen LogP) is 8.62. The topological polar surface area (TPSA) is 144 Å². The first-order valence-corrected chi connectivity index (χ1v) is 20.3. The average Bonchev–Trinajstić information content (AvgIpc) is 3.74. The predicted molar refractivity (Wildman–Crippen MR) is 210 cm³/mol. The number of thioether (sulfide) groups is 1. The van der Waals surface area contributed by atoms with E-state index in [1.165, 1.54) is 71.6 Å². The van der Waals surface area contributed by atoms with Crippen LogP contribution in [0.15, 0.2) is 111 Å². The number of nitrogens with zero attached hydrogens (tertiary/aromatic N) is 4. The van der Waals surface area contributed by atoms with Crippen molar-refractivity contribution in [2.24, 2.45) is 0 Å². The van der Waals surface area contributed by atoms with Crippen molar-refractivity contribution in [3.05, 3.63) is 162 Å². The minimum absolute atomic E-state index is 0.129. The molecule has 1 aliphatic rings. The first-order chi connectivity index (χ1) is 28.4. The van der Waals surface area contributed by atoms with Crippen molar-refractivity contribution >= 4 is 31.6 Å². The van der Waals surface area contributed by atoms with Gasteiger partial charge < -0.3 is 14.2 Å². The van der Waals surface area contributed by atoms with E-state index in [1.54, 1.807) is 25.2 Å². The second kappa shape index (κ2) is 21.2. The minimum atomic E-state index is -4.32. The maximum Gasteiger partial charge on any atom is 0.475 e. The van der Waals surface area contributed by atoms with Gasteiger partial charge in [0.25, 0.3) is 0 Å². The van der Waals surface area contributed by atoms with Crippen LogP contribution in [-0.2, 0) is 51.1 Å². The number of phosphoric ester groups is 1. The molecule has 0 bridgehead atoms. The summed E-state index contributed by atoms with van der Waals surface area (Å²) >= 11 is 1.23. The Balaban J connectivity index is 1.40. The molecule has 2 heterocycles. The van der Waals surface area contributed by atoms with Crippen molar-refractivity contribution in [3.63, 3.8) is 0 Å². The monoisotopic (exact) mass is 854 g/mol. The standard InChI is InChI=1S/C41H39F4N4O8PS/c1-4-17-54-58(51,55-18-5-2)56-24-34-33(10-8-11-36(34)43)40(50)57-41(25-49-27-47-26-48-49,35-16-15-31(42)20-38(35)45)28(3)59-32-22-52-39(53-23-32)12-7-6-9-30-14-13-29(21-46)19-37(30)44/h4-16,19-20,26-28,32,39H,1-2,17-18,22-25H2,3H3/b9-6+,12-7+/t28-,32-,39-,41-/m1/s1. The third-order valence-electron chi connectivity index (χ3n) is 8.66. The van der Waals surface area contributed by atoms with Crippen LogP contribution >= 0.6 is 19.6 Å². The quantitative estimate of drug-likeness (QED) is 0.0276. The van der Waals surface area contributed by atoms with Crippen molar-refractivity contribution in [1.82, 2.24) is 14.8 Å². The molecular weight excluding hydrogens is 816 g/mol. The number of esters is 1. The van der Waals surface area contributed by atoms with Crippen LogP contribution in [0.25, 0.3) is 6.08 Å². The van der Waals surface area contributed by atoms with Gasteiger partial charge in [0.15, 0.2) is 11.9 Å². The van der Waals surface area contributed by atoms with Gasteiger partial charge in [-0.15, -0.1) is 24.9 Å². The zero-order valence-electron chi connectivity index (χ0n) is 31.6. The normalized spacial score (nSPS) is 17.4. The molecule has 1 saturated heterocycles. The number of hydrogen-bond acceptors (Lipinski definition) is 12. The van der Waals surface area contributed by atoms with Crippen molar-refractivity contribution in [1.29, 1.82) is 5.26 Å². The summed E-state index contributed by atoms with van der Waals surface area (Å²) in [4.78, 5) is 18.3. The molecule has 0 aliphatic carbocycles. The van der Waals surface area contributed by atoms with Gasteiger partial charge in [-0.3, -0.25) is 13.6 Å². The van der Waals surface area contributed by atoms with E-state index in [0.717, 1.165) is 24.3 Å². The van der Waals surface area contributed by atoms with Crippen molar-refractivity contribution in [2.75, 3.05) is 26.4 Å². The summed E-state index contributed by atoms with van der Waals surface area (Å²) < 4.78 is 109. The lowest BCUT2D eigenvalue weighted by Crippen LogP contribution is -2.47. The number of benzene rings is 3. The summed E-state index contributed by atoms with van der Waals surface area (Å²) in [6.07, 6.45) is 10.7. The Morgan fingerprint density at radius 1 is 1.03 bits per heavy atom. The lowest BCUT2D eigenvalue weighted by atomic mass is 9.89. The first-order valence-electron chi connectivity index (χ1n) is 17.9. The molecule has 4 aromatic rings. The molecule has 2 atom stereocenters. The molecule has 3 aromatic carbocycles. The van der Waals surface area contributed by atoms with E-state index in [1.807, 2.05) is 6.07 Å². The average molecular weight is 855 g/mol. The van der Waals surface area contributed by atoms with Gasteiger partial charge in [0.1, 0.15) is 35.9 Å². The van der Waals surface area contributed by atoms with Crippen molar-refractivity contribution in [2.45, 2.75) is 42.5 Å². The number of halogens is 4. The number of phosphoric acid groups is 1. The molecule has 12 nitrogen and oxygen atoms in total. The molecule has 310 valence electrons. The van der Waals surface area contributed by atoms with E-state index in [-0.39, 0.29) is 60.8 Å². The van der Waals surface area contributed by atoms with Crippen molar-refractivity contribution < 1.29 is 54.7 Å². The second-order valence-corrected chi connectivity index (χ2v) is 16.0. The Hall–Kier alpha value is -5.18. The third-order valence-corrected chi connectivity index (χ3v) is 11.5. The Kier molecular flexibility index (Phi) is 16.1. The zero-order chi connectivity index (χ0) is 42.4. The van der Waals surface area contributed by atoms with E-state index < -0.39 is 66.1 Å². The number of nitriles is 1. The molecular formula is C41H39F4N4O8PS. The Morgan fingerprint density at radius 2 is 1.78 bits per heavy atom. The van der Waals surface area contributed by atoms with Gasteiger partial charge in [-0.2, -0.15) is 10.4 Å². The molecule has 0 spiro atoms. The van der Waals surface area contributed by atoms with Crippen LogP contribution in [-0.4, -0.2) is 64.0 Å². The van der Waals surface area contributed by atoms with E-state index in [9.17, 15) is 18.1 Å². The summed E-state index contributed by atoms with van der Waals surface area (Å²) in [5.74, 6) is -4.53. The number of rotatable bonds is 20. The third kappa shape index (κ3) is 12.0. The number of aromatic nitrogens is 3. The summed E-state index contributed by atoms with van der Waals surface area (Å²) in [6, 6.07) is 12.4. The Labute approximate surface area is 342 Å². The molecule has 0 saturated carbocycles. The Bertz CT molecular complexity index is 2230. The minimum Gasteiger partial charge on any atom is -0.447 e. The molecule has 1 aliphatic heterocycles.